The molecular weight excluding hydrogens is 336 g/mol. The first-order valence-corrected chi connectivity index (χ1v) is 9.86. The molecule has 0 bridgehead atoms. The van der Waals surface area contributed by atoms with Crippen molar-refractivity contribution in [2.24, 2.45) is 4.99 Å². The summed E-state index contributed by atoms with van der Waals surface area (Å²) in [6, 6.07) is 9.99. The number of fused-ring (bicyclic) bond motifs is 2. The summed E-state index contributed by atoms with van der Waals surface area (Å²) in [6.45, 7) is 3.46. The third-order valence-electron chi connectivity index (χ3n) is 4.58. The van der Waals surface area contributed by atoms with Crippen LogP contribution in [0.2, 0.25) is 0 Å². The molecule has 4 rings (SSSR count). The number of amidine groups is 1. The van der Waals surface area contributed by atoms with Crippen LogP contribution in [-0.4, -0.2) is 33.1 Å². The summed E-state index contributed by atoms with van der Waals surface area (Å²) in [7, 11) is -3.72. The van der Waals surface area contributed by atoms with Gasteiger partial charge in [0.15, 0.2) is 5.78 Å². The number of aryl methyl sites for hydroxylation is 1. The van der Waals surface area contributed by atoms with Gasteiger partial charge in [0.2, 0.25) is 9.84 Å². The van der Waals surface area contributed by atoms with Gasteiger partial charge in [-0.3, -0.25) is 9.79 Å². The first kappa shape index (κ1) is 16.0. The molecule has 0 saturated heterocycles. The molecule has 0 aromatic heterocycles. The lowest BCUT2D eigenvalue weighted by atomic mass is 9.98. The van der Waals surface area contributed by atoms with Crippen LogP contribution in [0.25, 0.3) is 0 Å². The largest absolute Gasteiger partial charge is 0.368 e. The summed E-state index contributed by atoms with van der Waals surface area (Å²) < 4.78 is 26.1. The fraction of sp³-hybridized carbons (Fsp3) is 0.263. The Hall–Kier alpha value is -2.47. The quantitative estimate of drug-likeness (QED) is 0.783. The van der Waals surface area contributed by atoms with E-state index in [9.17, 15) is 13.2 Å². The van der Waals surface area contributed by atoms with Gasteiger partial charge in [0.25, 0.3) is 0 Å². The molecule has 128 valence electrons. The molecular formula is C19H18N2O3S. The number of hydrogen-bond donors (Lipinski definition) is 1. The molecule has 2 aromatic rings. The maximum Gasteiger partial charge on any atom is 0.208 e. The predicted octanol–water partition coefficient (Wildman–Crippen LogP) is 2.37. The van der Waals surface area contributed by atoms with Crippen LogP contribution in [0.3, 0.4) is 0 Å². The van der Waals surface area contributed by atoms with Crippen LogP contribution in [0.5, 0.6) is 0 Å². The Morgan fingerprint density at radius 3 is 2.64 bits per heavy atom. The van der Waals surface area contributed by atoms with Crippen LogP contribution in [0.4, 0.5) is 0 Å². The molecule has 0 aliphatic carbocycles. The highest BCUT2D eigenvalue weighted by molar-refractivity contribution is 7.91. The second-order valence-corrected chi connectivity index (χ2v) is 8.17. The Kier molecular flexibility index (Phi) is 3.72. The lowest BCUT2D eigenvalue weighted by Crippen LogP contribution is -2.23. The topological polar surface area (TPSA) is 75.6 Å². The molecule has 2 heterocycles. The number of ketones is 1. The van der Waals surface area contributed by atoms with E-state index in [4.69, 9.17) is 0 Å². The molecule has 5 nitrogen and oxygen atoms in total. The fourth-order valence-electron chi connectivity index (χ4n) is 3.37. The molecule has 0 spiro atoms. The Balaban J connectivity index is 1.89. The summed E-state index contributed by atoms with van der Waals surface area (Å²) >= 11 is 0. The minimum atomic E-state index is -3.72. The van der Waals surface area contributed by atoms with Gasteiger partial charge in [0, 0.05) is 23.2 Å². The summed E-state index contributed by atoms with van der Waals surface area (Å²) in [5.41, 5.74) is 2.19. The number of sulfone groups is 1. The van der Waals surface area contributed by atoms with Crippen molar-refractivity contribution in [3.05, 3.63) is 58.7 Å². The van der Waals surface area contributed by atoms with Gasteiger partial charge in [0.1, 0.15) is 5.84 Å². The van der Waals surface area contributed by atoms with Gasteiger partial charge in [0.05, 0.1) is 16.3 Å². The zero-order chi connectivity index (χ0) is 17.6. The Morgan fingerprint density at radius 1 is 1.08 bits per heavy atom. The van der Waals surface area contributed by atoms with Crippen LogP contribution in [0, 0.1) is 0 Å². The third kappa shape index (κ3) is 2.48. The average molecular weight is 354 g/mol. The molecule has 0 atom stereocenters. The first-order chi connectivity index (χ1) is 12.0. The highest BCUT2D eigenvalue weighted by atomic mass is 32.2. The van der Waals surface area contributed by atoms with Crippen molar-refractivity contribution in [1.82, 2.24) is 5.32 Å². The van der Waals surface area contributed by atoms with Crippen molar-refractivity contribution in [2.75, 3.05) is 13.1 Å². The third-order valence-corrected chi connectivity index (χ3v) is 6.43. The first-order valence-electron chi connectivity index (χ1n) is 8.38. The number of hydrogen-bond acceptors (Lipinski definition) is 5. The number of nitrogens with one attached hydrogen (secondary N) is 1. The molecule has 0 unspecified atom stereocenters. The molecule has 0 fully saturated rings. The van der Waals surface area contributed by atoms with Crippen molar-refractivity contribution >= 4 is 21.5 Å². The molecule has 0 saturated carbocycles. The molecule has 25 heavy (non-hydrogen) atoms. The minimum Gasteiger partial charge on any atom is -0.368 e. The number of rotatable bonds is 3. The van der Waals surface area contributed by atoms with Crippen molar-refractivity contribution in [3.63, 3.8) is 0 Å². The minimum absolute atomic E-state index is 0.0714. The van der Waals surface area contributed by atoms with Crippen molar-refractivity contribution < 1.29 is 13.2 Å². The normalized spacial score (nSPS) is 17.5. The SMILES string of the molecule is CCCc1ccc2c(c1)C(=O)c1ccc(C3=NCCN3)cc1S2(=O)=O. The van der Waals surface area contributed by atoms with Crippen LogP contribution < -0.4 is 5.32 Å². The molecule has 6 heteroatoms. The van der Waals surface area contributed by atoms with Gasteiger partial charge in [-0.25, -0.2) is 8.42 Å². The number of nitrogens with zero attached hydrogens (tertiary/aromatic N) is 1. The van der Waals surface area contributed by atoms with Gasteiger partial charge in [-0.1, -0.05) is 25.5 Å². The lowest BCUT2D eigenvalue weighted by molar-refractivity contribution is 0.103. The van der Waals surface area contributed by atoms with E-state index in [0.29, 0.717) is 17.9 Å². The molecule has 0 radical (unpaired) electrons. The zero-order valence-corrected chi connectivity index (χ0v) is 14.7. The standard InChI is InChI=1S/C19H18N2O3S/c1-2-3-12-4-7-16-15(10-12)18(22)14-6-5-13(19-20-8-9-21-19)11-17(14)25(16,23)24/h4-7,10-11H,2-3,8-9H2,1H3,(H,20,21). The van der Waals surface area contributed by atoms with Gasteiger partial charge < -0.3 is 5.32 Å². The maximum atomic E-state index is 13.1. The Morgan fingerprint density at radius 2 is 1.92 bits per heavy atom. The smallest absolute Gasteiger partial charge is 0.208 e. The van der Waals surface area contributed by atoms with Crippen LogP contribution in [0.15, 0.2) is 51.2 Å². The Bertz CT molecular complexity index is 1020. The summed E-state index contributed by atoms with van der Waals surface area (Å²) in [5, 5.41) is 3.13. The monoisotopic (exact) mass is 354 g/mol. The van der Waals surface area contributed by atoms with E-state index in [0.717, 1.165) is 24.9 Å². The van der Waals surface area contributed by atoms with Crippen LogP contribution >= 0.6 is 0 Å². The van der Waals surface area contributed by atoms with E-state index in [2.05, 4.69) is 17.2 Å². The summed E-state index contributed by atoms with van der Waals surface area (Å²) in [4.78, 5) is 17.4. The molecule has 2 aliphatic rings. The van der Waals surface area contributed by atoms with E-state index in [-0.39, 0.29) is 26.7 Å². The van der Waals surface area contributed by atoms with Crippen molar-refractivity contribution in [2.45, 2.75) is 29.6 Å². The maximum absolute atomic E-state index is 13.1. The predicted molar refractivity (Wildman–Crippen MR) is 95.2 cm³/mol. The van der Waals surface area contributed by atoms with E-state index in [1.54, 1.807) is 36.4 Å². The number of benzene rings is 2. The second kappa shape index (κ2) is 5.81. The van der Waals surface area contributed by atoms with Crippen molar-refractivity contribution in [3.8, 4) is 0 Å². The molecule has 0 amide bonds. The van der Waals surface area contributed by atoms with E-state index in [1.807, 2.05) is 0 Å². The average Bonchev–Trinajstić information content (AvgIpc) is 3.14. The number of carbonyl (C=O) groups excluding carboxylic acids is 1. The zero-order valence-electron chi connectivity index (χ0n) is 13.9. The number of carbonyl (C=O) groups is 1. The van der Waals surface area contributed by atoms with Gasteiger partial charge in [-0.05, 0) is 36.2 Å². The Labute approximate surface area is 146 Å². The lowest BCUT2D eigenvalue weighted by Gasteiger charge is -2.20. The highest BCUT2D eigenvalue weighted by Gasteiger charge is 2.35. The summed E-state index contributed by atoms with van der Waals surface area (Å²) in [6.07, 6.45) is 1.76. The fourth-order valence-corrected chi connectivity index (χ4v) is 5.03. The van der Waals surface area contributed by atoms with E-state index >= 15 is 0 Å². The van der Waals surface area contributed by atoms with E-state index < -0.39 is 9.84 Å². The van der Waals surface area contributed by atoms with E-state index in [1.165, 1.54) is 0 Å². The van der Waals surface area contributed by atoms with Gasteiger partial charge >= 0.3 is 0 Å². The molecule has 2 aliphatic heterocycles. The molecule has 2 aromatic carbocycles. The van der Waals surface area contributed by atoms with Gasteiger partial charge in [-0.15, -0.1) is 0 Å². The highest BCUT2D eigenvalue weighted by Crippen LogP contribution is 2.35. The van der Waals surface area contributed by atoms with Crippen LogP contribution in [-0.2, 0) is 16.3 Å². The second-order valence-electron chi connectivity index (χ2n) is 6.28. The van der Waals surface area contributed by atoms with Crippen LogP contribution in [0.1, 0.15) is 40.4 Å². The number of aliphatic imine (C=N–C) groups is 1. The molecule has 1 N–H and O–H groups in total. The van der Waals surface area contributed by atoms with Crippen molar-refractivity contribution in [1.29, 1.82) is 0 Å². The summed E-state index contributed by atoms with van der Waals surface area (Å²) in [5.74, 6) is 0.445. The van der Waals surface area contributed by atoms with Gasteiger partial charge in [-0.2, -0.15) is 0 Å².